The van der Waals surface area contributed by atoms with Crippen LogP contribution in [0.1, 0.15) is 16.9 Å². The van der Waals surface area contributed by atoms with Crippen LogP contribution in [0.15, 0.2) is 15.3 Å². The molecule has 0 spiro atoms. The Balaban J connectivity index is 3.11. The van der Waals surface area contributed by atoms with Gasteiger partial charge in [-0.1, -0.05) is 0 Å². The van der Waals surface area contributed by atoms with Gasteiger partial charge in [0.2, 0.25) is 0 Å². The van der Waals surface area contributed by atoms with Crippen LogP contribution in [-0.2, 0) is 0 Å². The fourth-order valence-electron chi connectivity index (χ4n) is 2.07. The van der Waals surface area contributed by atoms with E-state index >= 15 is 0 Å². The third kappa shape index (κ3) is 1.56. The van der Waals surface area contributed by atoms with E-state index < -0.39 is 5.63 Å². The predicted molar refractivity (Wildman–Crippen MR) is 64.9 cm³/mol. The van der Waals surface area contributed by atoms with E-state index in [4.69, 9.17) is 9.15 Å². The average Bonchev–Trinajstić information content (AvgIpc) is 2.28. The Morgan fingerprint density at radius 2 is 1.82 bits per heavy atom. The highest BCUT2D eigenvalue weighted by atomic mass is 16.5. The third-order valence-electron chi connectivity index (χ3n) is 3.09. The van der Waals surface area contributed by atoms with Crippen LogP contribution in [0.4, 0.5) is 0 Å². The van der Waals surface area contributed by atoms with Crippen LogP contribution in [-0.4, -0.2) is 12.2 Å². The van der Waals surface area contributed by atoms with E-state index in [1.165, 1.54) is 13.2 Å². The van der Waals surface area contributed by atoms with Crippen LogP contribution in [0.5, 0.6) is 11.5 Å². The summed E-state index contributed by atoms with van der Waals surface area (Å²) < 4.78 is 10.3. The summed E-state index contributed by atoms with van der Waals surface area (Å²) in [5.41, 5.74) is 1.14. The molecule has 1 aromatic heterocycles. The first-order valence-corrected chi connectivity index (χ1v) is 5.28. The topological polar surface area (TPSA) is 59.7 Å². The van der Waals surface area contributed by atoms with Gasteiger partial charge in [0, 0.05) is 11.5 Å². The molecule has 1 aromatic carbocycles. The van der Waals surface area contributed by atoms with Crippen molar-refractivity contribution in [2.24, 2.45) is 0 Å². The predicted octanol–water partition coefficient (Wildman–Crippen LogP) is 2.43. The molecule has 0 atom stereocenters. The average molecular weight is 234 g/mol. The minimum atomic E-state index is -0.522. The van der Waals surface area contributed by atoms with E-state index in [2.05, 4.69) is 0 Å². The second kappa shape index (κ2) is 3.80. The zero-order valence-corrected chi connectivity index (χ0v) is 10.2. The Bertz CT molecular complexity index is 653. The first kappa shape index (κ1) is 11.5. The Labute approximate surface area is 98.4 Å². The van der Waals surface area contributed by atoms with Crippen LogP contribution >= 0.6 is 0 Å². The molecule has 0 aliphatic carbocycles. The van der Waals surface area contributed by atoms with Gasteiger partial charge >= 0.3 is 5.63 Å². The molecule has 0 aliphatic rings. The fraction of sp³-hybridized carbons (Fsp3) is 0.308. The number of fused-ring (bicyclic) bond motifs is 1. The quantitative estimate of drug-likeness (QED) is 0.823. The highest BCUT2D eigenvalue weighted by molar-refractivity contribution is 5.94. The molecule has 4 nitrogen and oxygen atoms in total. The van der Waals surface area contributed by atoms with Crippen LogP contribution in [0.3, 0.4) is 0 Å². The van der Waals surface area contributed by atoms with Crippen molar-refractivity contribution in [3.8, 4) is 11.5 Å². The van der Waals surface area contributed by atoms with Crippen molar-refractivity contribution in [1.82, 2.24) is 0 Å². The van der Waals surface area contributed by atoms with Gasteiger partial charge in [0.15, 0.2) is 0 Å². The molecule has 0 radical (unpaired) electrons. The molecule has 0 saturated carbocycles. The normalized spacial score (nSPS) is 10.8. The maximum absolute atomic E-state index is 11.8. The van der Waals surface area contributed by atoms with Gasteiger partial charge < -0.3 is 14.3 Å². The van der Waals surface area contributed by atoms with Gasteiger partial charge in [-0.2, -0.15) is 0 Å². The van der Waals surface area contributed by atoms with Gasteiger partial charge in [0.05, 0.1) is 7.11 Å². The number of hydrogen-bond donors (Lipinski definition) is 1. The summed E-state index contributed by atoms with van der Waals surface area (Å²) >= 11 is 0. The third-order valence-corrected chi connectivity index (χ3v) is 3.09. The molecule has 0 bridgehead atoms. The van der Waals surface area contributed by atoms with Crippen LogP contribution in [0, 0.1) is 20.8 Å². The Morgan fingerprint density at radius 3 is 2.41 bits per heavy atom. The van der Waals surface area contributed by atoms with Crippen molar-refractivity contribution in [3.63, 3.8) is 0 Å². The molecule has 2 aromatic rings. The number of aryl methyl sites for hydroxylation is 3. The van der Waals surface area contributed by atoms with Gasteiger partial charge in [-0.3, -0.25) is 0 Å². The molecule has 90 valence electrons. The lowest BCUT2D eigenvalue weighted by Crippen LogP contribution is -2.05. The van der Waals surface area contributed by atoms with Gasteiger partial charge in [0.25, 0.3) is 0 Å². The summed E-state index contributed by atoms with van der Waals surface area (Å²) in [5, 5.41) is 10.8. The molecule has 4 heteroatoms. The second-order valence-electron chi connectivity index (χ2n) is 4.04. The highest BCUT2D eigenvalue weighted by Crippen LogP contribution is 2.35. The monoisotopic (exact) mass is 234 g/mol. The lowest BCUT2D eigenvalue weighted by Gasteiger charge is -2.12. The number of benzene rings is 1. The molecule has 1 heterocycles. The molecule has 17 heavy (non-hydrogen) atoms. The largest absolute Gasteiger partial charge is 0.507 e. The number of rotatable bonds is 1. The summed E-state index contributed by atoms with van der Waals surface area (Å²) in [7, 11) is 1.53. The fourth-order valence-corrected chi connectivity index (χ4v) is 2.07. The number of phenols is 1. The van der Waals surface area contributed by atoms with Crippen molar-refractivity contribution in [2.45, 2.75) is 20.8 Å². The Morgan fingerprint density at radius 1 is 1.18 bits per heavy atom. The zero-order chi connectivity index (χ0) is 12.7. The maximum atomic E-state index is 11.8. The maximum Gasteiger partial charge on any atom is 0.347 e. The van der Waals surface area contributed by atoms with Gasteiger partial charge in [-0.25, -0.2) is 4.79 Å². The number of ether oxygens (including phenoxy) is 1. The summed E-state index contributed by atoms with van der Waals surface area (Å²) in [6, 6.07) is 1.43. The number of aromatic hydroxyl groups is 1. The molecule has 0 fully saturated rings. The first-order chi connectivity index (χ1) is 7.97. The highest BCUT2D eigenvalue weighted by Gasteiger charge is 2.16. The molecule has 0 unspecified atom stereocenters. The smallest absolute Gasteiger partial charge is 0.347 e. The summed E-state index contributed by atoms with van der Waals surface area (Å²) in [4.78, 5) is 11.8. The number of hydrogen-bond acceptors (Lipinski definition) is 4. The lowest BCUT2D eigenvalue weighted by atomic mass is 10.0. The summed E-state index contributed by atoms with van der Waals surface area (Å²) in [6.07, 6.45) is 0. The lowest BCUT2D eigenvalue weighted by molar-refractivity contribution is 0.405. The number of methoxy groups -OCH3 is 1. The summed E-state index contributed by atoms with van der Waals surface area (Å²) in [6.45, 7) is 5.44. The van der Waals surface area contributed by atoms with Crippen LogP contribution in [0.25, 0.3) is 10.8 Å². The molecule has 0 saturated heterocycles. The van der Waals surface area contributed by atoms with E-state index in [-0.39, 0.29) is 11.1 Å². The molecule has 0 amide bonds. The van der Waals surface area contributed by atoms with Crippen LogP contribution in [0.2, 0.25) is 0 Å². The van der Waals surface area contributed by atoms with Gasteiger partial charge in [0.1, 0.15) is 22.6 Å². The SMILES string of the molecule is COc1cc(O)c2c(=O)oc(C)c(C)c2c1C. The van der Waals surface area contributed by atoms with Crippen molar-refractivity contribution < 1.29 is 14.3 Å². The second-order valence-corrected chi connectivity index (χ2v) is 4.04. The van der Waals surface area contributed by atoms with Gasteiger partial charge in [-0.05, 0) is 31.9 Å². The van der Waals surface area contributed by atoms with E-state index in [1.54, 1.807) is 6.92 Å². The minimum absolute atomic E-state index is 0.112. The van der Waals surface area contributed by atoms with E-state index in [0.717, 1.165) is 11.1 Å². The van der Waals surface area contributed by atoms with Crippen molar-refractivity contribution >= 4 is 10.8 Å². The Kier molecular flexibility index (Phi) is 2.58. The van der Waals surface area contributed by atoms with Crippen molar-refractivity contribution in [3.05, 3.63) is 33.4 Å². The van der Waals surface area contributed by atoms with Crippen LogP contribution < -0.4 is 10.4 Å². The standard InChI is InChI=1S/C13H14O4/c1-6-8(3)17-13(15)12-9(14)5-10(16-4)7(2)11(6)12/h5,14H,1-4H3. The first-order valence-electron chi connectivity index (χ1n) is 5.28. The van der Waals surface area contributed by atoms with E-state index in [1.807, 2.05) is 13.8 Å². The van der Waals surface area contributed by atoms with E-state index in [0.29, 0.717) is 16.9 Å². The Hall–Kier alpha value is -1.97. The molecule has 2 rings (SSSR count). The number of phenolic OH excluding ortho intramolecular Hbond substituents is 1. The molecule has 0 aliphatic heterocycles. The molecular formula is C13H14O4. The van der Waals surface area contributed by atoms with Crippen molar-refractivity contribution in [1.29, 1.82) is 0 Å². The van der Waals surface area contributed by atoms with E-state index in [9.17, 15) is 9.90 Å². The molecular weight excluding hydrogens is 220 g/mol. The zero-order valence-electron chi connectivity index (χ0n) is 10.2. The summed E-state index contributed by atoms with van der Waals surface area (Å²) in [5.74, 6) is 1.00. The van der Waals surface area contributed by atoms with Gasteiger partial charge in [-0.15, -0.1) is 0 Å². The van der Waals surface area contributed by atoms with Crippen molar-refractivity contribution in [2.75, 3.05) is 7.11 Å². The molecule has 1 N–H and O–H groups in total. The minimum Gasteiger partial charge on any atom is -0.507 e.